The number of nitrogens with two attached hydrogens (primary N) is 1. The quantitative estimate of drug-likeness (QED) is 0.703. The van der Waals surface area contributed by atoms with Crippen LogP contribution in [0, 0.1) is 0 Å². The third-order valence-corrected chi connectivity index (χ3v) is 3.54. The maximum atomic E-state index is 6.22. The van der Waals surface area contributed by atoms with Gasteiger partial charge in [-0.05, 0) is 23.8 Å². The molecule has 0 atom stereocenters. The molecule has 0 aliphatic heterocycles. The van der Waals surface area contributed by atoms with Crippen LogP contribution in [0.15, 0.2) is 48.5 Å². The van der Waals surface area contributed by atoms with Crippen LogP contribution in [0.1, 0.15) is 0 Å². The molecule has 1 heterocycles. The zero-order valence-electron chi connectivity index (χ0n) is 10.4. The van der Waals surface area contributed by atoms with Gasteiger partial charge in [0.1, 0.15) is 5.82 Å². The first kappa shape index (κ1) is 13.8. The molecule has 1 aromatic heterocycles. The topological polar surface area (TPSA) is 30.9 Å². The summed E-state index contributed by atoms with van der Waals surface area (Å²) < 4.78 is 2.01. The summed E-state index contributed by atoms with van der Waals surface area (Å²) in [6.07, 6.45) is 0. The Bertz CT molecular complexity index is 715. The number of para-hydroxylation sites is 1. The summed E-state index contributed by atoms with van der Waals surface area (Å²) in [4.78, 5) is 0. The van der Waals surface area contributed by atoms with Gasteiger partial charge in [-0.2, -0.15) is 0 Å². The van der Waals surface area contributed by atoms with Crippen molar-refractivity contribution in [3.8, 4) is 11.1 Å². The van der Waals surface area contributed by atoms with Crippen LogP contribution in [-0.2, 0) is 7.05 Å². The molecule has 98 valence electrons. The normalized spacial score (nSPS) is 10.4. The Balaban J connectivity index is 0.00000133. The molecule has 3 aromatic rings. The number of aromatic nitrogens is 1. The molecule has 0 aliphatic carbocycles. The minimum Gasteiger partial charge on any atom is -0.385 e. The van der Waals surface area contributed by atoms with Crippen LogP contribution in [0.5, 0.6) is 0 Å². The highest BCUT2D eigenvalue weighted by atomic mass is 35.5. The SMILES string of the molecule is Cl.Cn1c(N)c(-c2ccc(Cl)cc2)c2ccccc21. The van der Waals surface area contributed by atoms with E-state index in [4.69, 9.17) is 17.3 Å². The van der Waals surface area contributed by atoms with E-state index in [9.17, 15) is 0 Å². The number of rotatable bonds is 1. The van der Waals surface area contributed by atoms with Gasteiger partial charge in [0.25, 0.3) is 0 Å². The van der Waals surface area contributed by atoms with Crippen LogP contribution in [0.3, 0.4) is 0 Å². The minimum atomic E-state index is 0. The standard InChI is InChI=1S/C15H13ClN2.ClH/c1-18-13-5-3-2-4-12(13)14(15(18)17)10-6-8-11(16)9-7-10;/h2-9H,17H2,1H3;1H. The Morgan fingerprint density at radius 3 is 2.32 bits per heavy atom. The molecule has 2 nitrogen and oxygen atoms in total. The molecule has 0 aliphatic rings. The molecule has 19 heavy (non-hydrogen) atoms. The van der Waals surface area contributed by atoms with E-state index in [2.05, 4.69) is 12.1 Å². The molecule has 0 amide bonds. The number of hydrogen-bond donors (Lipinski definition) is 1. The van der Waals surface area contributed by atoms with Crippen LogP contribution < -0.4 is 5.73 Å². The van der Waals surface area contributed by atoms with E-state index in [0.29, 0.717) is 0 Å². The van der Waals surface area contributed by atoms with E-state index in [0.717, 1.165) is 27.5 Å². The van der Waals surface area contributed by atoms with Crippen molar-refractivity contribution < 1.29 is 0 Å². The van der Waals surface area contributed by atoms with Crippen molar-refractivity contribution in [2.45, 2.75) is 0 Å². The largest absolute Gasteiger partial charge is 0.385 e. The van der Waals surface area contributed by atoms with E-state index in [1.807, 2.05) is 48.0 Å². The molecule has 0 saturated carbocycles. The number of hydrogen-bond acceptors (Lipinski definition) is 1. The second-order valence-electron chi connectivity index (χ2n) is 4.34. The van der Waals surface area contributed by atoms with E-state index < -0.39 is 0 Å². The third kappa shape index (κ3) is 2.18. The maximum Gasteiger partial charge on any atom is 0.112 e. The zero-order valence-corrected chi connectivity index (χ0v) is 12.0. The summed E-state index contributed by atoms with van der Waals surface area (Å²) in [5.41, 5.74) is 9.52. The molecule has 0 fully saturated rings. The van der Waals surface area contributed by atoms with Crippen LogP contribution in [0.25, 0.3) is 22.0 Å². The predicted octanol–water partition coefficient (Wildman–Crippen LogP) is 4.50. The van der Waals surface area contributed by atoms with Crippen molar-refractivity contribution in [2.75, 3.05) is 5.73 Å². The molecule has 0 saturated heterocycles. The monoisotopic (exact) mass is 292 g/mol. The molecular weight excluding hydrogens is 279 g/mol. The third-order valence-electron chi connectivity index (χ3n) is 3.29. The summed E-state index contributed by atoms with van der Waals surface area (Å²) in [6.45, 7) is 0. The molecule has 0 radical (unpaired) electrons. The summed E-state index contributed by atoms with van der Waals surface area (Å²) in [7, 11) is 1.98. The van der Waals surface area contributed by atoms with Gasteiger partial charge in [0.05, 0.1) is 0 Å². The molecule has 4 heteroatoms. The molecule has 0 bridgehead atoms. The number of anilines is 1. The summed E-state index contributed by atoms with van der Waals surface area (Å²) >= 11 is 5.93. The van der Waals surface area contributed by atoms with Gasteiger partial charge in [-0.3, -0.25) is 0 Å². The Morgan fingerprint density at radius 2 is 1.63 bits per heavy atom. The first-order chi connectivity index (χ1) is 8.68. The fraction of sp³-hybridized carbons (Fsp3) is 0.0667. The second-order valence-corrected chi connectivity index (χ2v) is 4.78. The van der Waals surface area contributed by atoms with Gasteiger partial charge in [0, 0.05) is 28.5 Å². The maximum absolute atomic E-state index is 6.22. The highest BCUT2D eigenvalue weighted by Gasteiger charge is 2.13. The Morgan fingerprint density at radius 1 is 1.00 bits per heavy atom. The van der Waals surface area contributed by atoms with Gasteiger partial charge in [-0.25, -0.2) is 0 Å². The highest BCUT2D eigenvalue weighted by molar-refractivity contribution is 6.30. The Labute approximate surface area is 123 Å². The zero-order chi connectivity index (χ0) is 12.7. The lowest BCUT2D eigenvalue weighted by atomic mass is 10.0. The Kier molecular flexibility index (Phi) is 3.74. The van der Waals surface area contributed by atoms with Gasteiger partial charge < -0.3 is 10.3 Å². The van der Waals surface area contributed by atoms with E-state index in [1.165, 1.54) is 5.39 Å². The summed E-state index contributed by atoms with van der Waals surface area (Å²) in [6, 6.07) is 16.0. The lowest BCUT2D eigenvalue weighted by Gasteiger charge is -2.02. The van der Waals surface area contributed by atoms with Crippen LogP contribution in [-0.4, -0.2) is 4.57 Å². The van der Waals surface area contributed by atoms with Gasteiger partial charge in [0.15, 0.2) is 0 Å². The van der Waals surface area contributed by atoms with Gasteiger partial charge in [0.2, 0.25) is 0 Å². The number of nitrogens with zero attached hydrogens (tertiary/aromatic N) is 1. The van der Waals surface area contributed by atoms with E-state index in [1.54, 1.807) is 0 Å². The number of benzene rings is 2. The lowest BCUT2D eigenvalue weighted by molar-refractivity contribution is 0.984. The van der Waals surface area contributed by atoms with Crippen molar-refractivity contribution in [3.63, 3.8) is 0 Å². The second kappa shape index (κ2) is 5.16. The van der Waals surface area contributed by atoms with Crippen molar-refractivity contribution in [1.82, 2.24) is 4.57 Å². The fourth-order valence-corrected chi connectivity index (χ4v) is 2.46. The molecule has 0 spiro atoms. The fourth-order valence-electron chi connectivity index (χ4n) is 2.33. The molecule has 3 rings (SSSR count). The molecular formula is C15H14Cl2N2. The number of aryl methyl sites for hydroxylation is 1. The van der Waals surface area contributed by atoms with E-state index >= 15 is 0 Å². The smallest absolute Gasteiger partial charge is 0.112 e. The van der Waals surface area contributed by atoms with Crippen molar-refractivity contribution in [1.29, 1.82) is 0 Å². The summed E-state index contributed by atoms with van der Waals surface area (Å²) in [5, 5.41) is 1.90. The van der Waals surface area contributed by atoms with Gasteiger partial charge in [-0.15, -0.1) is 12.4 Å². The first-order valence-corrected chi connectivity index (χ1v) is 6.15. The Hall–Kier alpha value is -1.64. The summed E-state index contributed by atoms with van der Waals surface area (Å²) in [5.74, 6) is 0.776. The van der Waals surface area contributed by atoms with Crippen LogP contribution in [0.2, 0.25) is 5.02 Å². The highest BCUT2D eigenvalue weighted by Crippen LogP contribution is 2.36. The molecule has 0 unspecified atom stereocenters. The lowest BCUT2D eigenvalue weighted by Crippen LogP contribution is -1.96. The van der Waals surface area contributed by atoms with E-state index in [-0.39, 0.29) is 12.4 Å². The van der Waals surface area contributed by atoms with Crippen molar-refractivity contribution >= 4 is 40.7 Å². The minimum absolute atomic E-state index is 0. The molecule has 2 N–H and O–H groups in total. The average molecular weight is 293 g/mol. The molecule has 2 aromatic carbocycles. The van der Waals surface area contributed by atoms with Crippen molar-refractivity contribution in [2.24, 2.45) is 7.05 Å². The van der Waals surface area contributed by atoms with Gasteiger partial charge in [-0.1, -0.05) is 41.9 Å². The van der Waals surface area contributed by atoms with Crippen LogP contribution >= 0.6 is 24.0 Å². The average Bonchev–Trinajstić information content (AvgIpc) is 2.64. The van der Waals surface area contributed by atoms with Gasteiger partial charge >= 0.3 is 0 Å². The van der Waals surface area contributed by atoms with Crippen molar-refractivity contribution in [3.05, 3.63) is 53.6 Å². The number of halogens is 2. The number of fused-ring (bicyclic) bond motifs is 1. The number of nitrogen functional groups attached to an aromatic ring is 1. The first-order valence-electron chi connectivity index (χ1n) is 5.77. The predicted molar refractivity (Wildman–Crippen MR) is 85.0 cm³/mol. The van der Waals surface area contributed by atoms with Crippen LogP contribution in [0.4, 0.5) is 5.82 Å².